The summed E-state index contributed by atoms with van der Waals surface area (Å²) in [5.41, 5.74) is 0.776. The Morgan fingerprint density at radius 1 is 1.37 bits per heavy atom. The first kappa shape index (κ1) is 12.8. The summed E-state index contributed by atoms with van der Waals surface area (Å²) in [7, 11) is 1.60. The van der Waals surface area contributed by atoms with Gasteiger partial charge in [-0.05, 0) is 17.7 Å². The van der Waals surface area contributed by atoms with Gasteiger partial charge in [0.2, 0.25) is 0 Å². The normalized spacial score (nSPS) is 9.95. The van der Waals surface area contributed by atoms with Gasteiger partial charge in [-0.2, -0.15) is 0 Å². The Morgan fingerprint density at radius 2 is 2.11 bits per heavy atom. The third-order valence-electron chi connectivity index (χ3n) is 2.52. The number of hydrogen-bond acceptors (Lipinski definition) is 4. The van der Waals surface area contributed by atoms with Gasteiger partial charge in [0.15, 0.2) is 0 Å². The summed E-state index contributed by atoms with van der Waals surface area (Å²) in [4.78, 5) is 28.7. The van der Waals surface area contributed by atoms with Gasteiger partial charge in [-0.3, -0.25) is 9.59 Å². The maximum Gasteiger partial charge on any atom is 0.271 e. The first-order chi connectivity index (χ1) is 9.19. The van der Waals surface area contributed by atoms with E-state index in [1.54, 1.807) is 7.11 Å². The number of rotatable bonds is 4. The second-order valence-electron chi connectivity index (χ2n) is 3.83. The minimum absolute atomic E-state index is 0.174. The van der Waals surface area contributed by atoms with Crippen molar-refractivity contribution < 1.29 is 9.53 Å². The molecule has 0 fully saturated rings. The van der Waals surface area contributed by atoms with Crippen LogP contribution in [0.1, 0.15) is 16.1 Å². The van der Waals surface area contributed by atoms with Crippen molar-refractivity contribution in [2.45, 2.75) is 6.54 Å². The molecule has 0 aliphatic rings. The predicted molar refractivity (Wildman–Crippen MR) is 69.0 cm³/mol. The number of benzene rings is 1. The summed E-state index contributed by atoms with van der Waals surface area (Å²) in [5, 5.41) is 2.71. The Morgan fingerprint density at radius 3 is 2.68 bits per heavy atom. The van der Waals surface area contributed by atoms with Crippen molar-refractivity contribution in [2.24, 2.45) is 0 Å². The van der Waals surface area contributed by atoms with Gasteiger partial charge in [0.1, 0.15) is 11.4 Å². The Kier molecular flexibility index (Phi) is 3.92. The minimum Gasteiger partial charge on any atom is -0.497 e. The molecule has 0 unspecified atom stereocenters. The zero-order valence-corrected chi connectivity index (χ0v) is 10.3. The van der Waals surface area contributed by atoms with Crippen molar-refractivity contribution in [1.82, 2.24) is 15.3 Å². The monoisotopic (exact) mass is 259 g/mol. The third kappa shape index (κ3) is 3.41. The smallest absolute Gasteiger partial charge is 0.271 e. The van der Waals surface area contributed by atoms with Crippen LogP contribution in [0.5, 0.6) is 5.75 Å². The molecule has 98 valence electrons. The number of carbonyl (C=O) groups excluding carboxylic acids is 1. The zero-order valence-electron chi connectivity index (χ0n) is 10.3. The van der Waals surface area contributed by atoms with Crippen LogP contribution < -0.4 is 15.6 Å². The summed E-state index contributed by atoms with van der Waals surface area (Å²) >= 11 is 0. The average Bonchev–Trinajstić information content (AvgIpc) is 2.46. The van der Waals surface area contributed by atoms with E-state index in [1.165, 1.54) is 6.20 Å². The van der Waals surface area contributed by atoms with Crippen LogP contribution in [-0.4, -0.2) is 23.0 Å². The average molecular weight is 259 g/mol. The lowest BCUT2D eigenvalue weighted by molar-refractivity contribution is 0.0945. The van der Waals surface area contributed by atoms with Crippen LogP contribution in [0.3, 0.4) is 0 Å². The van der Waals surface area contributed by atoms with Crippen molar-refractivity contribution in [3.05, 3.63) is 58.3 Å². The summed E-state index contributed by atoms with van der Waals surface area (Å²) in [5.74, 6) is 0.421. The molecule has 6 nitrogen and oxygen atoms in total. The highest BCUT2D eigenvalue weighted by atomic mass is 16.5. The second kappa shape index (κ2) is 5.81. The number of methoxy groups -OCH3 is 1. The molecule has 1 aromatic heterocycles. The lowest BCUT2D eigenvalue weighted by Crippen LogP contribution is -2.25. The fourth-order valence-corrected chi connectivity index (χ4v) is 1.48. The summed E-state index contributed by atoms with van der Waals surface area (Å²) in [6.07, 6.45) is 2.36. The maximum absolute atomic E-state index is 11.7. The molecule has 0 aliphatic carbocycles. The molecule has 2 N–H and O–H groups in total. The number of ether oxygens (including phenoxy) is 1. The van der Waals surface area contributed by atoms with Gasteiger partial charge in [-0.25, -0.2) is 4.98 Å². The minimum atomic E-state index is -0.341. The number of hydrogen-bond donors (Lipinski definition) is 2. The van der Waals surface area contributed by atoms with Gasteiger partial charge >= 0.3 is 0 Å². The molecule has 0 saturated heterocycles. The highest BCUT2D eigenvalue weighted by Gasteiger charge is 2.06. The number of aromatic amines is 1. The van der Waals surface area contributed by atoms with E-state index in [4.69, 9.17) is 4.74 Å². The molecule has 1 heterocycles. The van der Waals surface area contributed by atoms with E-state index in [-0.39, 0.29) is 17.2 Å². The van der Waals surface area contributed by atoms with Crippen LogP contribution >= 0.6 is 0 Å². The molecule has 0 atom stereocenters. The maximum atomic E-state index is 11.7. The largest absolute Gasteiger partial charge is 0.497 e. The molecule has 0 aliphatic heterocycles. The highest BCUT2D eigenvalue weighted by molar-refractivity contribution is 5.91. The lowest BCUT2D eigenvalue weighted by atomic mass is 10.2. The van der Waals surface area contributed by atoms with E-state index >= 15 is 0 Å². The van der Waals surface area contributed by atoms with Crippen LogP contribution in [0.25, 0.3) is 0 Å². The fourth-order valence-electron chi connectivity index (χ4n) is 1.48. The number of nitrogens with zero attached hydrogens (tertiary/aromatic N) is 1. The first-order valence-corrected chi connectivity index (χ1v) is 5.65. The van der Waals surface area contributed by atoms with Gasteiger partial charge in [0.25, 0.3) is 11.5 Å². The van der Waals surface area contributed by atoms with Crippen LogP contribution in [0.4, 0.5) is 0 Å². The molecule has 1 aromatic carbocycles. The van der Waals surface area contributed by atoms with Crippen molar-refractivity contribution in [3.8, 4) is 5.75 Å². The Bertz CT molecular complexity index is 599. The van der Waals surface area contributed by atoms with E-state index < -0.39 is 0 Å². The van der Waals surface area contributed by atoms with Crippen molar-refractivity contribution in [2.75, 3.05) is 7.11 Å². The molecule has 1 amide bonds. The summed E-state index contributed by atoms with van der Waals surface area (Å²) in [6, 6.07) is 7.36. The number of amides is 1. The molecule has 2 aromatic rings. The number of nitrogens with one attached hydrogen (secondary N) is 2. The summed E-state index contributed by atoms with van der Waals surface area (Å²) in [6.45, 7) is 0.379. The lowest BCUT2D eigenvalue weighted by Gasteiger charge is -2.05. The molecular formula is C13H13N3O3. The quantitative estimate of drug-likeness (QED) is 0.847. The van der Waals surface area contributed by atoms with Crippen LogP contribution in [-0.2, 0) is 6.54 Å². The number of carbonyl (C=O) groups is 1. The van der Waals surface area contributed by atoms with Crippen molar-refractivity contribution in [1.29, 1.82) is 0 Å². The topological polar surface area (TPSA) is 84.1 Å². The van der Waals surface area contributed by atoms with Gasteiger partial charge in [-0.15, -0.1) is 0 Å². The molecule has 0 bridgehead atoms. The SMILES string of the molecule is COc1ccc(CNC(=O)c2c[nH]c(=O)cn2)cc1. The van der Waals surface area contributed by atoms with E-state index in [9.17, 15) is 9.59 Å². The van der Waals surface area contributed by atoms with E-state index in [0.717, 1.165) is 17.5 Å². The number of H-pyrrole nitrogens is 1. The zero-order chi connectivity index (χ0) is 13.7. The standard InChI is InChI=1S/C13H13N3O3/c1-19-10-4-2-9(3-5-10)6-16-13(18)11-7-15-12(17)8-14-11/h2-5,7-8H,6H2,1H3,(H,15,17)(H,16,18). The van der Waals surface area contributed by atoms with Gasteiger partial charge in [-0.1, -0.05) is 12.1 Å². The van der Waals surface area contributed by atoms with E-state index in [1.807, 2.05) is 24.3 Å². The van der Waals surface area contributed by atoms with Gasteiger partial charge in [0.05, 0.1) is 13.3 Å². The van der Waals surface area contributed by atoms with Gasteiger partial charge in [0, 0.05) is 12.7 Å². The Balaban J connectivity index is 1.96. The van der Waals surface area contributed by atoms with Crippen molar-refractivity contribution >= 4 is 5.91 Å². The Hall–Kier alpha value is -2.63. The predicted octanol–water partition coefficient (Wildman–Crippen LogP) is 0.708. The van der Waals surface area contributed by atoms with E-state index in [0.29, 0.717) is 6.54 Å². The van der Waals surface area contributed by atoms with Crippen molar-refractivity contribution in [3.63, 3.8) is 0 Å². The molecule has 19 heavy (non-hydrogen) atoms. The molecule has 6 heteroatoms. The van der Waals surface area contributed by atoms with Crippen LogP contribution in [0, 0.1) is 0 Å². The van der Waals surface area contributed by atoms with E-state index in [2.05, 4.69) is 15.3 Å². The molecule has 0 radical (unpaired) electrons. The number of aromatic nitrogens is 2. The third-order valence-corrected chi connectivity index (χ3v) is 2.52. The first-order valence-electron chi connectivity index (χ1n) is 5.65. The summed E-state index contributed by atoms with van der Waals surface area (Å²) < 4.78 is 5.04. The second-order valence-corrected chi connectivity index (χ2v) is 3.83. The Labute approximate surface area is 109 Å². The highest BCUT2D eigenvalue weighted by Crippen LogP contribution is 2.10. The fraction of sp³-hybridized carbons (Fsp3) is 0.154. The molecule has 2 rings (SSSR count). The molecular weight excluding hydrogens is 246 g/mol. The van der Waals surface area contributed by atoms with Gasteiger partial charge < -0.3 is 15.0 Å². The molecule has 0 spiro atoms. The molecule has 0 saturated carbocycles. The van der Waals surface area contributed by atoms with Crippen LogP contribution in [0.2, 0.25) is 0 Å². The van der Waals surface area contributed by atoms with Crippen LogP contribution in [0.15, 0.2) is 41.5 Å².